The van der Waals surface area contributed by atoms with Gasteiger partial charge in [-0.25, -0.2) is 4.79 Å². The number of hydrogen-bond donors (Lipinski definition) is 2. The fraction of sp³-hybridized carbons (Fsp3) is 0.381. The Morgan fingerprint density at radius 1 is 1.25 bits per heavy atom. The van der Waals surface area contributed by atoms with E-state index in [0.29, 0.717) is 36.9 Å². The van der Waals surface area contributed by atoms with E-state index in [1.165, 1.54) is 0 Å². The first-order valence-electron chi connectivity index (χ1n) is 9.16. The van der Waals surface area contributed by atoms with E-state index in [2.05, 4.69) is 5.32 Å². The van der Waals surface area contributed by atoms with E-state index in [9.17, 15) is 9.90 Å². The molecule has 1 aliphatic rings. The van der Waals surface area contributed by atoms with Gasteiger partial charge in [-0.15, -0.1) is 0 Å². The van der Waals surface area contributed by atoms with Gasteiger partial charge in [0.2, 0.25) is 0 Å². The van der Waals surface area contributed by atoms with E-state index < -0.39 is 0 Å². The van der Waals surface area contributed by atoms with Gasteiger partial charge in [-0.05, 0) is 37.6 Å². The zero-order valence-electron chi connectivity index (χ0n) is 16.6. The second-order valence-electron chi connectivity index (χ2n) is 6.75. The second-order valence-corrected chi connectivity index (χ2v) is 6.75. The number of ether oxygens (including phenoxy) is 3. The van der Waals surface area contributed by atoms with Crippen LogP contribution in [0.1, 0.15) is 29.7 Å². The number of fused-ring (bicyclic) bond motifs is 1. The lowest BCUT2D eigenvalue weighted by Gasteiger charge is -2.25. The third-order valence-corrected chi connectivity index (χ3v) is 4.96. The number of aromatic hydroxyl groups is 1. The number of urea groups is 1. The number of benzene rings is 2. The van der Waals surface area contributed by atoms with Gasteiger partial charge in [0.15, 0.2) is 11.5 Å². The normalized spacial score (nSPS) is 14.4. The minimum Gasteiger partial charge on any atom is -0.508 e. The molecule has 1 heterocycles. The Morgan fingerprint density at radius 3 is 2.75 bits per heavy atom. The van der Waals surface area contributed by atoms with Gasteiger partial charge >= 0.3 is 6.03 Å². The smallest absolute Gasteiger partial charge is 0.318 e. The number of phenols is 1. The van der Waals surface area contributed by atoms with Gasteiger partial charge in [-0.3, -0.25) is 0 Å². The van der Waals surface area contributed by atoms with Crippen molar-refractivity contribution in [3.63, 3.8) is 0 Å². The second kappa shape index (κ2) is 8.29. The molecule has 0 bridgehead atoms. The van der Waals surface area contributed by atoms with Gasteiger partial charge in [0.05, 0.1) is 33.4 Å². The molecule has 1 aliphatic heterocycles. The lowest BCUT2D eigenvalue weighted by molar-refractivity contribution is 0.184. The third-order valence-electron chi connectivity index (χ3n) is 4.96. The topological polar surface area (TPSA) is 80.3 Å². The van der Waals surface area contributed by atoms with Crippen LogP contribution in [0.25, 0.3) is 0 Å². The molecule has 0 spiro atoms. The highest BCUT2D eigenvalue weighted by atomic mass is 16.5. The van der Waals surface area contributed by atoms with Crippen molar-refractivity contribution < 1.29 is 24.1 Å². The molecule has 0 radical (unpaired) electrons. The molecule has 2 N–H and O–H groups in total. The molecule has 0 aromatic heterocycles. The van der Waals surface area contributed by atoms with Gasteiger partial charge < -0.3 is 29.5 Å². The van der Waals surface area contributed by atoms with Crippen LogP contribution < -0.4 is 19.5 Å². The number of methoxy groups -OCH3 is 2. The third kappa shape index (κ3) is 3.93. The fourth-order valence-electron chi connectivity index (χ4n) is 3.45. The van der Waals surface area contributed by atoms with Crippen LogP contribution in [-0.4, -0.2) is 43.4 Å². The Kier molecular flexibility index (Phi) is 5.82. The minimum atomic E-state index is -0.212. The standard InChI is InChI=1S/C21H26N2O5/c1-13-17(7-8-18(26-3)20(13)27-4)14(2)22-21(25)23-9-10-28-19-11-16(24)6-5-15(19)12-23/h5-8,11,14,24H,9-10,12H2,1-4H3,(H,22,25). The fourth-order valence-corrected chi connectivity index (χ4v) is 3.45. The monoisotopic (exact) mass is 386 g/mol. The van der Waals surface area contributed by atoms with Crippen molar-refractivity contribution in [3.05, 3.63) is 47.0 Å². The Hall–Kier alpha value is -3.09. The maximum absolute atomic E-state index is 12.9. The number of phenolic OH excluding ortho intramolecular Hbond substituents is 1. The van der Waals surface area contributed by atoms with Crippen LogP contribution in [0.15, 0.2) is 30.3 Å². The molecular formula is C21H26N2O5. The largest absolute Gasteiger partial charge is 0.508 e. The maximum atomic E-state index is 12.9. The summed E-state index contributed by atoms with van der Waals surface area (Å²) < 4.78 is 16.5. The van der Waals surface area contributed by atoms with Crippen LogP contribution >= 0.6 is 0 Å². The van der Waals surface area contributed by atoms with Crippen molar-refractivity contribution in [1.29, 1.82) is 0 Å². The summed E-state index contributed by atoms with van der Waals surface area (Å²) in [7, 11) is 3.20. The first-order valence-corrected chi connectivity index (χ1v) is 9.16. The summed E-state index contributed by atoms with van der Waals surface area (Å²) >= 11 is 0. The number of hydrogen-bond acceptors (Lipinski definition) is 5. The summed E-state index contributed by atoms with van der Waals surface area (Å²) in [5.41, 5.74) is 2.75. The Labute approximate surface area is 164 Å². The Balaban J connectivity index is 1.75. The van der Waals surface area contributed by atoms with Crippen LogP contribution in [0.3, 0.4) is 0 Å². The van der Waals surface area contributed by atoms with E-state index in [1.54, 1.807) is 37.3 Å². The summed E-state index contributed by atoms with van der Waals surface area (Å²) in [4.78, 5) is 14.6. The van der Waals surface area contributed by atoms with E-state index in [1.807, 2.05) is 26.0 Å². The molecule has 28 heavy (non-hydrogen) atoms. The molecule has 0 fully saturated rings. The SMILES string of the molecule is COc1ccc(C(C)NC(=O)N2CCOc3cc(O)ccc3C2)c(C)c1OC. The summed E-state index contributed by atoms with van der Waals surface area (Å²) in [6, 6.07) is 8.34. The van der Waals surface area contributed by atoms with E-state index in [4.69, 9.17) is 14.2 Å². The molecule has 0 saturated heterocycles. The van der Waals surface area contributed by atoms with Crippen molar-refractivity contribution in [1.82, 2.24) is 10.2 Å². The van der Waals surface area contributed by atoms with Crippen molar-refractivity contribution in [2.75, 3.05) is 27.4 Å². The summed E-state index contributed by atoms with van der Waals surface area (Å²) in [6.07, 6.45) is 0. The van der Waals surface area contributed by atoms with Crippen molar-refractivity contribution in [3.8, 4) is 23.0 Å². The predicted octanol–water partition coefficient (Wildman–Crippen LogP) is 3.38. The van der Waals surface area contributed by atoms with Gasteiger partial charge in [-0.1, -0.05) is 6.07 Å². The highest BCUT2D eigenvalue weighted by molar-refractivity contribution is 5.75. The van der Waals surface area contributed by atoms with E-state index in [-0.39, 0.29) is 17.8 Å². The number of rotatable bonds is 4. The zero-order valence-corrected chi connectivity index (χ0v) is 16.6. The van der Waals surface area contributed by atoms with Gasteiger partial charge in [0.1, 0.15) is 18.1 Å². The predicted molar refractivity (Wildman–Crippen MR) is 105 cm³/mol. The number of amides is 2. The molecular weight excluding hydrogens is 360 g/mol. The van der Waals surface area contributed by atoms with Gasteiger partial charge in [0.25, 0.3) is 0 Å². The molecule has 0 saturated carbocycles. The van der Waals surface area contributed by atoms with Crippen molar-refractivity contribution in [2.45, 2.75) is 26.4 Å². The highest BCUT2D eigenvalue weighted by Crippen LogP contribution is 2.35. The molecule has 0 aliphatic carbocycles. The molecule has 2 aromatic carbocycles. The van der Waals surface area contributed by atoms with Gasteiger partial charge in [-0.2, -0.15) is 0 Å². The molecule has 2 aromatic rings. The lowest BCUT2D eigenvalue weighted by atomic mass is 10.0. The number of nitrogens with zero attached hydrogens (tertiary/aromatic N) is 1. The van der Waals surface area contributed by atoms with Crippen molar-refractivity contribution in [2.24, 2.45) is 0 Å². The molecule has 7 nitrogen and oxygen atoms in total. The van der Waals surface area contributed by atoms with Crippen LogP contribution in [0.4, 0.5) is 4.79 Å². The average molecular weight is 386 g/mol. The van der Waals surface area contributed by atoms with Gasteiger partial charge in [0, 0.05) is 17.2 Å². The molecule has 7 heteroatoms. The Morgan fingerprint density at radius 2 is 2.04 bits per heavy atom. The summed E-state index contributed by atoms with van der Waals surface area (Å²) in [5.74, 6) is 2.08. The van der Waals surface area contributed by atoms with Crippen LogP contribution in [0.2, 0.25) is 0 Å². The average Bonchev–Trinajstić information content (AvgIpc) is 2.89. The molecule has 1 atom stereocenters. The first-order chi connectivity index (χ1) is 13.4. The minimum absolute atomic E-state index is 0.147. The highest BCUT2D eigenvalue weighted by Gasteiger charge is 2.23. The van der Waals surface area contributed by atoms with Crippen LogP contribution in [-0.2, 0) is 6.54 Å². The zero-order chi connectivity index (χ0) is 20.3. The first kappa shape index (κ1) is 19.7. The number of carbonyl (C=O) groups is 1. The quantitative estimate of drug-likeness (QED) is 0.842. The van der Waals surface area contributed by atoms with E-state index in [0.717, 1.165) is 16.7 Å². The number of carbonyl (C=O) groups excluding carboxylic acids is 1. The maximum Gasteiger partial charge on any atom is 0.318 e. The van der Waals surface area contributed by atoms with Crippen molar-refractivity contribution >= 4 is 6.03 Å². The number of nitrogens with one attached hydrogen (secondary N) is 1. The van der Waals surface area contributed by atoms with Crippen LogP contribution in [0.5, 0.6) is 23.0 Å². The molecule has 150 valence electrons. The molecule has 3 rings (SSSR count). The summed E-state index contributed by atoms with van der Waals surface area (Å²) in [6.45, 7) is 5.12. The Bertz CT molecular complexity index is 868. The summed E-state index contributed by atoms with van der Waals surface area (Å²) in [5, 5.41) is 12.7. The van der Waals surface area contributed by atoms with E-state index >= 15 is 0 Å². The molecule has 2 amide bonds. The lowest BCUT2D eigenvalue weighted by Crippen LogP contribution is -2.41. The molecule has 1 unspecified atom stereocenters. The van der Waals surface area contributed by atoms with Crippen LogP contribution in [0, 0.1) is 6.92 Å².